The summed E-state index contributed by atoms with van der Waals surface area (Å²) >= 11 is 0. The van der Waals surface area contributed by atoms with Gasteiger partial charge in [0.2, 0.25) is 0 Å². The van der Waals surface area contributed by atoms with Crippen LogP contribution < -0.4 is 0 Å². The molecular formula is C18H32O13. The largest absolute Gasteiger partial charge is 0.388 e. The summed E-state index contributed by atoms with van der Waals surface area (Å²) in [6.07, 6.45) is -20.8. The van der Waals surface area contributed by atoms with Gasteiger partial charge in [-0.15, -0.1) is 0 Å². The van der Waals surface area contributed by atoms with Crippen molar-refractivity contribution in [3.63, 3.8) is 0 Å². The minimum Gasteiger partial charge on any atom is -0.388 e. The van der Waals surface area contributed by atoms with Gasteiger partial charge in [-0.25, -0.2) is 0 Å². The van der Waals surface area contributed by atoms with Gasteiger partial charge in [-0.3, -0.25) is 0 Å². The summed E-state index contributed by atoms with van der Waals surface area (Å²) in [6, 6.07) is 0. The fraction of sp³-hybridized carbons (Fsp3) is 1.00. The number of aliphatic hydroxyl groups excluding tert-OH is 8. The molecule has 31 heavy (non-hydrogen) atoms. The number of hydrogen-bond donors (Lipinski definition) is 8. The summed E-state index contributed by atoms with van der Waals surface area (Å²) in [6.45, 7) is 4.38. The van der Waals surface area contributed by atoms with Crippen LogP contribution >= 0.6 is 0 Å². The standard InChI is InChI=1S/C18H32O13/c1-4-7(19)9(21)11(23)17(28-4)30-14-6(3)27-16(26)15(13(14)25)31-18-12(24)10(22)8(20)5(2)29-18/h4-26H,1-3H3/t4-,5-,6-,7-,8-,9+,10+,11-,12-,13+,14-,15-,16-,17+,18+/m0/s1. The van der Waals surface area contributed by atoms with Gasteiger partial charge in [0, 0.05) is 0 Å². The molecule has 3 aliphatic heterocycles. The number of hydrogen-bond acceptors (Lipinski definition) is 13. The zero-order valence-electron chi connectivity index (χ0n) is 17.3. The van der Waals surface area contributed by atoms with Gasteiger partial charge in [-0.05, 0) is 20.8 Å². The van der Waals surface area contributed by atoms with Crippen molar-refractivity contribution in [2.24, 2.45) is 0 Å². The van der Waals surface area contributed by atoms with Crippen molar-refractivity contribution >= 4 is 0 Å². The highest BCUT2D eigenvalue weighted by molar-refractivity contribution is 4.94. The predicted octanol–water partition coefficient (Wildman–Crippen LogP) is -4.49. The van der Waals surface area contributed by atoms with Crippen molar-refractivity contribution in [3.05, 3.63) is 0 Å². The molecule has 3 heterocycles. The molecule has 3 fully saturated rings. The van der Waals surface area contributed by atoms with Crippen molar-refractivity contribution in [2.75, 3.05) is 0 Å². The van der Waals surface area contributed by atoms with Gasteiger partial charge < -0.3 is 64.5 Å². The predicted molar refractivity (Wildman–Crippen MR) is 97.0 cm³/mol. The second-order valence-corrected chi connectivity index (χ2v) is 8.29. The van der Waals surface area contributed by atoms with Crippen LogP contribution in [-0.4, -0.2) is 133 Å². The molecule has 13 nitrogen and oxygen atoms in total. The fourth-order valence-corrected chi connectivity index (χ4v) is 3.91. The number of aliphatic hydroxyl groups is 8. The van der Waals surface area contributed by atoms with Crippen LogP contribution in [0.5, 0.6) is 0 Å². The molecule has 8 N–H and O–H groups in total. The van der Waals surface area contributed by atoms with Crippen molar-refractivity contribution in [1.29, 1.82) is 0 Å². The van der Waals surface area contributed by atoms with E-state index in [-0.39, 0.29) is 0 Å². The first-order valence-corrected chi connectivity index (χ1v) is 10.2. The molecule has 0 aliphatic carbocycles. The lowest BCUT2D eigenvalue weighted by molar-refractivity contribution is -0.376. The van der Waals surface area contributed by atoms with Gasteiger partial charge in [-0.2, -0.15) is 0 Å². The molecule has 13 heteroatoms. The topological polar surface area (TPSA) is 208 Å². The smallest absolute Gasteiger partial charge is 0.187 e. The molecule has 182 valence electrons. The third-order valence-electron chi connectivity index (χ3n) is 5.97. The van der Waals surface area contributed by atoms with Gasteiger partial charge in [-0.1, -0.05) is 0 Å². The highest BCUT2D eigenvalue weighted by atomic mass is 16.7. The molecule has 0 amide bonds. The number of rotatable bonds is 4. The van der Waals surface area contributed by atoms with Crippen LogP contribution in [0.15, 0.2) is 0 Å². The minimum atomic E-state index is -1.68. The maximum absolute atomic E-state index is 10.8. The highest BCUT2D eigenvalue weighted by Crippen LogP contribution is 2.31. The molecule has 3 rings (SSSR count). The normalized spacial score (nSPS) is 56.4. The lowest BCUT2D eigenvalue weighted by Gasteiger charge is -2.47. The van der Waals surface area contributed by atoms with E-state index in [1.165, 1.54) is 20.8 Å². The Morgan fingerprint density at radius 1 is 0.452 bits per heavy atom. The average Bonchev–Trinajstić information content (AvgIpc) is 2.72. The Labute approximate surface area is 178 Å². The van der Waals surface area contributed by atoms with E-state index in [1.54, 1.807) is 0 Å². The van der Waals surface area contributed by atoms with E-state index in [1.807, 2.05) is 0 Å². The van der Waals surface area contributed by atoms with Gasteiger partial charge >= 0.3 is 0 Å². The van der Waals surface area contributed by atoms with E-state index in [0.717, 1.165) is 0 Å². The van der Waals surface area contributed by atoms with Gasteiger partial charge in [0.25, 0.3) is 0 Å². The molecule has 3 saturated heterocycles. The van der Waals surface area contributed by atoms with Crippen LogP contribution in [0.3, 0.4) is 0 Å². The Morgan fingerprint density at radius 2 is 0.871 bits per heavy atom. The summed E-state index contributed by atoms with van der Waals surface area (Å²) in [5.41, 5.74) is 0. The molecule has 0 aromatic carbocycles. The molecule has 0 unspecified atom stereocenters. The fourth-order valence-electron chi connectivity index (χ4n) is 3.91. The first-order chi connectivity index (χ1) is 14.4. The van der Waals surface area contributed by atoms with Gasteiger partial charge in [0.05, 0.1) is 18.3 Å². The molecule has 3 aliphatic rings. The van der Waals surface area contributed by atoms with Crippen molar-refractivity contribution in [3.8, 4) is 0 Å². The molecule has 0 spiro atoms. The zero-order valence-corrected chi connectivity index (χ0v) is 17.3. The quantitative estimate of drug-likeness (QED) is 0.201. The molecule has 0 aromatic rings. The van der Waals surface area contributed by atoms with Crippen molar-refractivity contribution in [2.45, 2.75) is 113 Å². The van der Waals surface area contributed by atoms with Crippen LogP contribution in [0.4, 0.5) is 0 Å². The summed E-state index contributed by atoms with van der Waals surface area (Å²) in [4.78, 5) is 0. The highest BCUT2D eigenvalue weighted by Gasteiger charge is 2.51. The molecular weight excluding hydrogens is 424 g/mol. The Hall–Kier alpha value is -0.520. The zero-order chi connectivity index (χ0) is 23.2. The van der Waals surface area contributed by atoms with E-state index in [0.29, 0.717) is 0 Å². The summed E-state index contributed by atoms with van der Waals surface area (Å²) in [7, 11) is 0. The maximum atomic E-state index is 10.8. The Kier molecular flexibility index (Phi) is 7.91. The molecule has 0 aromatic heterocycles. The van der Waals surface area contributed by atoms with E-state index in [4.69, 9.17) is 23.7 Å². The maximum Gasteiger partial charge on any atom is 0.187 e. The Morgan fingerprint density at radius 3 is 1.32 bits per heavy atom. The van der Waals surface area contributed by atoms with Crippen LogP contribution in [0.2, 0.25) is 0 Å². The van der Waals surface area contributed by atoms with Crippen LogP contribution in [0.1, 0.15) is 20.8 Å². The lowest BCUT2D eigenvalue weighted by Crippen LogP contribution is -2.65. The second kappa shape index (κ2) is 9.77. The summed E-state index contributed by atoms with van der Waals surface area (Å²) in [5, 5.41) is 80.8. The first kappa shape index (κ1) is 25.1. The first-order valence-electron chi connectivity index (χ1n) is 10.2. The molecule has 0 bridgehead atoms. The van der Waals surface area contributed by atoms with Crippen LogP contribution in [0.25, 0.3) is 0 Å². The Balaban J connectivity index is 1.71. The van der Waals surface area contributed by atoms with E-state index < -0.39 is 92.1 Å². The number of ether oxygens (including phenoxy) is 5. The third-order valence-corrected chi connectivity index (χ3v) is 5.97. The Bertz CT molecular complexity index is 547. The van der Waals surface area contributed by atoms with Crippen molar-refractivity contribution in [1.82, 2.24) is 0 Å². The van der Waals surface area contributed by atoms with E-state index in [9.17, 15) is 40.9 Å². The molecule has 15 atom stereocenters. The van der Waals surface area contributed by atoms with E-state index >= 15 is 0 Å². The SMILES string of the molecule is C[C@@H]1O[C@H](O[C@@H]2[C@@H](O)[C@H](O[C@H]3O[C@@H](C)[C@H](O)[C@@H](O)[C@@H]3O)[C@@H](O)O[C@H]2C)[C@@H](O)[C@H](O)[C@H]1O. The molecule has 0 saturated carbocycles. The summed E-state index contributed by atoms with van der Waals surface area (Å²) in [5.74, 6) is 0. The van der Waals surface area contributed by atoms with Crippen LogP contribution in [-0.2, 0) is 23.7 Å². The van der Waals surface area contributed by atoms with E-state index in [2.05, 4.69) is 0 Å². The lowest BCUT2D eigenvalue weighted by atomic mass is 9.97. The monoisotopic (exact) mass is 456 g/mol. The van der Waals surface area contributed by atoms with Gasteiger partial charge in [0.1, 0.15) is 54.9 Å². The average molecular weight is 456 g/mol. The molecule has 0 radical (unpaired) electrons. The van der Waals surface area contributed by atoms with Gasteiger partial charge in [0.15, 0.2) is 18.9 Å². The summed E-state index contributed by atoms with van der Waals surface area (Å²) < 4.78 is 27.1. The second-order valence-electron chi connectivity index (χ2n) is 8.29. The third kappa shape index (κ3) is 4.89. The minimum absolute atomic E-state index is 0.877. The van der Waals surface area contributed by atoms with Crippen LogP contribution in [0, 0.1) is 0 Å². The van der Waals surface area contributed by atoms with Crippen molar-refractivity contribution < 1.29 is 64.5 Å².